The van der Waals surface area contributed by atoms with E-state index in [1.807, 2.05) is 35.0 Å². The van der Waals surface area contributed by atoms with Gasteiger partial charge in [-0.1, -0.05) is 30.3 Å². The fourth-order valence-electron chi connectivity index (χ4n) is 4.10. The van der Waals surface area contributed by atoms with Crippen LogP contribution in [0.5, 0.6) is 6.01 Å². The van der Waals surface area contributed by atoms with Crippen LogP contribution in [0.15, 0.2) is 30.3 Å². The second-order valence-electron chi connectivity index (χ2n) is 6.46. The lowest BCUT2D eigenvalue weighted by Gasteiger charge is -2.49. The minimum absolute atomic E-state index is 0.0684. The molecule has 5 heteroatoms. The van der Waals surface area contributed by atoms with E-state index in [1.165, 1.54) is 25.9 Å². The SMILES string of the molecule is c1ccc(-c2nc3n(n2)C[C@@]2(CN4CCC2CC4)O3)cc1. The number of benzene rings is 1. The molecule has 1 aromatic heterocycles. The van der Waals surface area contributed by atoms with Gasteiger partial charge < -0.3 is 4.74 Å². The molecule has 0 N–H and O–H groups in total. The standard InChI is InChI=1S/C16H18N4O/c1-2-4-12(5-3-1)14-17-15-20(18-14)11-16(21-15)10-19-8-6-13(16)7-9-19/h1-5,13H,6-11H2/t16-/m1/s1. The van der Waals surface area contributed by atoms with E-state index in [9.17, 15) is 0 Å². The number of ether oxygens (including phenoxy) is 1. The van der Waals surface area contributed by atoms with Crippen molar-refractivity contribution in [2.45, 2.75) is 25.0 Å². The van der Waals surface area contributed by atoms with E-state index in [-0.39, 0.29) is 5.60 Å². The predicted octanol–water partition coefficient (Wildman–Crippen LogP) is 1.80. The molecule has 0 radical (unpaired) electrons. The van der Waals surface area contributed by atoms with Gasteiger partial charge in [0.25, 0.3) is 0 Å². The first-order valence-electron chi connectivity index (χ1n) is 7.74. The molecule has 4 aliphatic heterocycles. The summed E-state index contributed by atoms with van der Waals surface area (Å²) in [7, 11) is 0. The van der Waals surface area contributed by atoms with Crippen molar-refractivity contribution in [3.05, 3.63) is 30.3 Å². The molecule has 0 amide bonds. The van der Waals surface area contributed by atoms with Crippen LogP contribution in [0.4, 0.5) is 0 Å². The minimum Gasteiger partial charge on any atom is -0.453 e. The summed E-state index contributed by atoms with van der Waals surface area (Å²) in [4.78, 5) is 7.12. The van der Waals surface area contributed by atoms with Gasteiger partial charge in [-0.3, -0.25) is 4.90 Å². The molecule has 2 aromatic rings. The molecule has 5 heterocycles. The number of aromatic nitrogens is 3. The normalized spacial score (nSPS) is 33.1. The molecule has 1 spiro atoms. The second kappa shape index (κ2) is 4.07. The first kappa shape index (κ1) is 11.7. The van der Waals surface area contributed by atoms with Crippen molar-refractivity contribution in [2.75, 3.05) is 19.6 Å². The van der Waals surface area contributed by atoms with Crippen LogP contribution in [0.3, 0.4) is 0 Å². The van der Waals surface area contributed by atoms with Crippen LogP contribution in [-0.2, 0) is 6.54 Å². The van der Waals surface area contributed by atoms with Crippen molar-refractivity contribution in [1.29, 1.82) is 0 Å². The summed E-state index contributed by atoms with van der Waals surface area (Å²) >= 11 is 0. The van der Waals surface area contributed by atoms with Crippen molar-refractivity contribution in [2.24, 2.45) is 5.92 Å². The Bertz CT molecular complexity index is 649. The number of hydrogen-bond acceptors (Lipinski definition) is 4. The largest absolute Gasteiger partial charge is 0.453 e. The average Bonchev–Trinajstić information content (AvgIpc) is 3.05. The number of fused-ring (bicyclic) bond motifs is 3. The maximum absolute atomic E-state index is 6.32. The molecule has 3 fully saturated rings. The summed E-state index contributed by atoms with van der Waals surface area (Å²) < 4.78 is 8.28. The molecule has 21 heavy (non-hydrogen) atoms. The Balaban J connectivity index is 1.46. The minimum atomic E-state index is -0.0684. The lowest BCUT2D eigenvalue weighted by molar-refractivity contribution is -0.0838. The molecule has 1 aromatic carbocycles. The molecule has 1 atom stereocenters. The molecular weight excluding hydrogens is 264 g/mol. The Labute approximate surface area is 123 Å². The van der Waals surface area contributed by atoms with Gasteiger partial charge in [-0.05, 0) is 25.9 Å². The van der Waals surface area contributed by atoms with E-state index >= 15 is 0 Å². The van der Waals surface area contributed by atoms with Gasteiger partial charge in [0.1, 0.15) is 5.60 Å². The third kappa shape index (κ3) is 1.67. The van der Waals surface area contributed by atoms with Crippen LogP contribution in [0.25, 0.3) is 11.4 Å². The third-order valence-electron chi connectivity index (χ3n) is 5.20. The van der Waals surface area contributed by atoms with Crippen molar-refractivity contribution < 1.29 is 4.74 Å². The zero-order valence-corrected chi connectivity index (χ0v) is 11.9. The first-order chi connectivity index (χ1) is 10.3. The molecule has 3 saturated heterocycles. The quantitative estimate of drug-likeness (QED) is 0.800. The van der Waals surface area contributed by atoms with Crippen LogP contribution in [0, 0.1) is 5.92 Å². The zero-order valence-electron chi connectivity index (χ0n) is 11.9. The van der Waals surface area contributed by atoms with Gasteiger partial charge in [0.2, 0.25) is 0 Å². The number of nitrogens with zero attached hydrogens (tertiary/aromatic N) is 4. The van der Waals surface area contributed by atoms with Crippen LogP contribution >= 0.6 is 0 Å². The fraction of sp³-hybridized carbons (Fsp3) is 0.500. The van der Waals surface area contributed by atoms with E-state index in [2.05, 4.69) is 15.0 Å². The summed E-state index contributed by atoms with van der Waals surface area (Å²) in [6, 6.07) is 10.8. The van der Waals surface area contributed by atoms with Gasteiger partial charge in [0.15, 0.2) is 5.82 Å². The van der Waals surface area contributed by atoms with E-state index in [0.29, 0.717) is 11.9 Å². The van der Waals surface area contributed by atoms with E-state index in [0.717, 1.165) is 24.5 Å². The highest BCUT2D eigenvalue weighted by Crippen LogP contribution is 2.43. The summed E-state index contributed by atoms with van der Waals surface area (Å²) in [5, 5.41) is 4.66. The maximum Gasteiger partial charge on any atom is 0.316 e. The van der Waals surface area contributed by atoms with Crippen LogP contribution < -0.4 is 4.74 Å². The van der Waals surface area contributed by atoms with Gasteiger partial charge in [0.05, 0.1) is 6.54 Å². The average molecular weight is 282 g/mol. The van der Waals surface area contributed by atoms with Gasteiger partial charge in [-0.2, -0.15) is 4.98 Å². The highest BCUT2D eigenvalue weighted by molar-refractivity contribution is 5.54. The Morgan fingerprint density at radius 2 is 1.90 bits per heavy atom. The monoisotopic (exact) mass is 282 g/mol. The Morgan fingerprint density at radius 1 is 1.10 bits per heavy atom. The molecule has 0 unspecified atom stereocenters. The smallest absolute Gasteiger partial charge is 0.316 e. The van der Waals surface area contributed by atoms with E-state index in [4.69, 9.17) is 4.74 Å². The van der Waals surface area contributed by atoms with Gasteiger partial charge in [-0.25, -0.2) is 4.68 Å². The lowest BCUT2D eigenvalue weighted by Crippen LogP contribution is -2.61. The van der Waals surface area contributed by atoms with Crippen molar-refractivity contribution in [1.82, 2.24) is 19.7 Å². The summed E-state index contributed by atoms with van der Waals surface area (Å²) in [5.41, 5.74) is 0.979. The Morgan fingerprint density at radius 3 is 2.57 bits per heavy atom. The second-order valence-corrected chi connectivity index (χ2v) is 6.46. The van der Waals surface area contributed by atoms with Crippen molar-refractivity contribution in [3.63, 3.8) is 0 Å². The van der Waals surface area contributed by atoms with Crippen LogP contribution in [0.1, 0.15) is 12.8 Å². The number of hydrogen-bond donors (Lipinski definition) is 0. The van der Waals surface area contributed by atoms with Crippen LogP contribution in [0.2, 0.25) is 0 Å². The molecule has 0 saturated carbocycles. The summed E-state index contributed by atoms with van der Waals surface area (Å²) in [6.45, 7) is 4.33. The highest BCUT2D eigenvalue weighted by atomic mass is 16.5. The summed E-state index contributed by atoms with van der Waals surface area (Å²) in [5.74, 6) is 1.42. The van der Waals surface area contributed by atoms with Crippen molar-refractivity contribution in [3.8, 4) is 17.4 Å². The first-order valence-corrected chi connectivity index (χ1v) is 7.74. The maximum atomic E-state index is 6.32. The van der Waals surface area contributed by atoms with Crippen molar-refractivity contribution >= 4 is 0 Å². The fourth-order valence-corrected chi connectivity index (χ4v) is 4.10. The Kier molecular flexibility index (Phi) is 2.28. The number of rotatable bonds is 1. The topological polar surface area (TPSA) is 43.2 Å². The van der Waals surface area contributed by atoms with Gasteiger partial charge >= 0.3 is 6.01 Å². The third-order valence-corrected chi connectivity index (χ3v) is 5.20. The van der Waals surface area contributed by atoms with Gasteiger partial charge in [-0.15, -0.1) is 5.10 Å². The molecule has 108 valence electrons. The predicted molar refractivity (Wildman–Crippen MR) is 78.0 cm³/mol. The number of piperidine rings is 3. The zero-order chi connectivity index (χ0) is 13.9. The van der Waals surface area contributed by atoms with Gasteiger partial charge in [0, 0.05) is 18.0 Å². The molecule has 6 rings (SSSR count). The molecule has 5 nitrogen and oxygen atoms in total. The summed E-state index contributed by atoms with van der Waals surface area (Å²) in [6.07, 6.45) is 2.49. The van der Waals surface area contributed by atoms with E-state index < -0.39 is 0 Å². The molecular formula is C16H18N4O. The molecule has 0 aliphatic carbocycles. The highest BCUT2D eigenvalue weighted by Gasteiger charge is 2.53. The Hall–Kier alpha value is -1.88. The molecule has 2 bridgehead atoms. The molecule has 4 aliphatic rings. The van der Waals surface area contributed by atoms with Crippen LogP contribution in [-0.4, -0.2) is 44.9 Å². The van der Waals surface area contributed by atoms with E-state index in [1.54, 1.807) is 0 Å². The lowest BCUT2D eigenvalue weighted by atomic mass is 9.75.